The van der Waals surface area contributed by atoms with Crippen molar-refractivity contribution in [3.05, 3.63) is 100 Å². The number of likely N-dealkylation sites (tertiary alicyclic amines) is 1. The molecule has 2 aliphatic rings. The van der Waals surface area contributed by atoms with E-state index in [4.69, 9.17) is 23.2 Å². The van der Waals surface area contributed by atoms with Gasteiger partial charge in [-0.05, 0) is 60.6 Å². The summed E-state index contributed by atoms with van der Waals surface area (Å²) in [6, 6.07) is 25.6. The molecule has 2 fully saturated rings. The van der Waals surface area contributed by atoms with Crippen LogP contribution in [0.5, 0.6) is 0 Å². The zero-order valence-corrected chi connectivity index (χ0v) is 23.3. The lowest BCUT2D eigenvalue weighted by atomic mass is 9.80. The molecule has 1 saturated carbocycles. The van der Waals surface area contributed by atoms with Crippen LogP contribution in [0, 0.1) is 5.92 Å². The molecule has 0 bridgehead atoms. The molecule has 1 aliphatic heterocycles. The van der Waals surface area contributed by atoms with E-state index in [0.29, 0.717) is 10.0 Å². The van der Waals surface area contributed by atoms with Crippen molar-refractivity contribution in [1.29, 1.82) is 0 Å². The summed E-state index contributed by atoms with van der Waals surface area (Å²) in [6.45, 7) is 4.07. The number of rotatable bonds is 7. The summed E-state index contributed by atoms with van der Waals surface area (Å²) < 4.78 is 0. The summed E-state index contributed by atoms with van der Waals surface area (Å²) in [5.41, 5.74) is 1.91. The van der Waals surface area contributed by atoms with Crippen LogP contribution in [0.1, 0.15) is 37.3 Å². The van der Waals surface area contributed by atoms with Crippen molar-refractivity contribution in [3.63, 3.8) is 0 Å². The van der Waals surface area contributed by atoms with Crippen molar-refractivity contribution in [1.82, 2.24) is 10.2 Å². The van der Waals surface area contributed by atoms with Crippen molar-refractivity contribution in [2.75, 3.05) is 31.6 Å². The minimum atomic E-state index is -0.648. The number of hydrogen-bond donors (Lipinski definition) is 1. The van der Waals surface area contributed by atoms with E-state index in [1.807, 2.05) is 67.7 Å². The Labute approximate surface area is 234 Å². The summed E-state index contributed by atoms with van der Waals surface area (Å²) in [5, 5.41) is 4.20. The highest BCUT2D eigenvalue weighted by molar-refractivity contribution is 6.42. The number of nitrogens with zero attached hydrogens (tertiary/aromatic N) is 2. The van der Waals surface area contributed by atoms with Crippen LogP contribution >= 0.6 is 23.2 Å². The average molecular weight is 551 g/mol. The smallest absolute Gasteiger partial charge is 0.237 e. The lowest BCUT2D eigenvalue weighted by molar-refractivity contribution is -0.122. The van der Waals surface area contributed by atoms with Gasteiger partial charge in [0.1, 0.15) is 0 Å². The maximum Gasteiger partial charge on any atom is 0.237 e. The lowest BCUT2D eigenvalue weighted by Gasteiger charge is -2.43. The van der Waals surface area contributed by atoms with Crippen molar-refractivity contribution in [2.45, 2.75) is 37.1 Å². The Morgan fingerprint density at radius 2 is 1.55 bits per heavy atom. The first-order valence-electron chi connectivity index (χ1n) is 13.1. The molecular formula is C31H33Cl2N3O2. The largest absolute Gasteiger partial charge is 0.347 e. The second kappa shape index (κ2) is 10.7. The van der Waals surface area contributed by atoms with Crippen LogP contribution in [-0.4, -0.2) is 43.4 Å². The summed E-state index contributed by atoms with van der Waals surface area (Å²) in [4.78, 5) is 30.4. The zero-order chi connectivity index (χ0) is 26.9. The van der Waals surface area contributed by atoms with Crippen LogP contribution in [0.2, 0.25) is 10.0 Å². The zero-order valence-electron chi connectivity index (χ0n) is 21.8. The van der Waals surface area contributed by atoms with E-state index in [2.05, 4.69) is 22.3 Å². The first-order valence-corrected chi connectivity index (χ1v) is 13.9. The Morgan fingerprint density at radius 1 is 0.921 bits per heavy atom. The summed E-state index contributed by atoms with van der Waals surface area (Å²) >= 11 is 12.6. The number of likely N-dealkylation sites (N-methyl/N-ethyl adjacent to an activating group) is 1. The molecule has 2 atom stereocenters. The number of amides is 2. The van der Waals surface area contributed by atoms with Crippen LogP contribution in [0.15, 0.2) is 78.9 Å². The number of anilines is 1. The quantitative estimate of drug-likeness (QED) is 0.390. The van der Waals surface area contributed by atoms with Crippen molar-refractivity contribution in [3.8, 4) is 0 Å². The van der Waals surface area contributed by atoms with Gasteiger partial charge in [0.05, 0.1) is 21.0 Å². The monoisotopic (exact) mass is 549 g/mol. The minimum absolute atomic E-state index is 0.0160. The van der Waals surface area contributed by atoms with E-state index in [9.17, 15) is 9.59 Å². The number of carbonyl (C=O) groups excluding carboxylic acids is 2. The predicted molar refractivity (Wildman–Crippen MR) is 154 cm³/mol. The molecule has 0 aromatic heterocycles. The third kappa shape index (κ3) is 5.07. The maximum atomic E-state index is 14.1. The summed E-state index contributed by atoms with van der Waals surface area (Å²) in [6.07, 6.45) is 2.40. The van der Waals surface area contributed by atoms with Gasteiger partial charge in [-0.2, -0.15) is 0 Å². The standard InChI is InChI=1S/C31H33Cl2N3O2/c1-22(37)34-30(23-9-5-3-6-10-23)15-17-36(18-16-30)21-25-20-31(25,24-13-14-27(32)28(33)19-24)29(38)35(2)26-11-7-4-8-12-26/h3-14,19,25H,15-18,20-21H2,1-2H3,(H,34,37). The van der Waals surface area contributed by atoms with Gasteiger partial charge in [0, 0.05) is 39.3 Å². The van der Waals surface area contributed by atoms with Gasteiger partial charge in [-0.25, -0.2) is 0 Å². The number of piperidine rings is 1. The highest BCUT2D eigenvalue weighted by Crippen LogP contribution is 2.57. The third-order valence-electron chi connectivity index (χ3n) is 8.30. The van der Waals surface area contributed by atoms with Gasteiger partial charge >= 0.3 is 0 Å². The van der Waals surface area contributed by atoms with Gasteiger partial charge in [0.25, 0.3) is 0 Å². The first kappa shape index (κ1) is 26.7. The second-order valence-electron chi connectivity index (χ2n) is 10.6. The molecule has 2 unspecified atom stereocenters. The van der Waals surface area contributed by atoms with Crippen molar-refractivity contribution in [2.24, 2.45) is 5.92 Å². The number of halogens is 2. The number of para-hydroxylation sites is 1. The molecule has 1 saturated heterocycles. The molecule has 3 aromatic rings. The average Bonchev–Trinajstić information content (AvgIpc) is 3.66. The molecule has 38 heavy (non-hydrogen) atoms. The molecule has 5 nitrogen and oxygen atoms in total. The van der Waals surface area contributed by atoms with Crippen LogP contribution in [0.25, 0.3) is 0 Å². The maximum absolute atomic E-state index is 14.1. The number of hydrogen-bond acceptors (Lipinski definition) is 3. The van der Waals surface area contributed by atoms with Gasteiger partial charge in [0.2, 0.25) is 11.8 Å². The molecule has 0 spiro atoms. The molecule has 2 amide bonds. The predicted octanol–water partition coefficient (Wildman–Crippen LogP) is 6.04. The van der Waals surface area contributed by atoms with E-state index in [-0.39, 0.29) is 23.3 Å². The molecule has 1 aliphatic carbocycles. The van der Waals surface area contributed by atoms with Crippen LogP contribution in [0.4, 0.5) is 5.69 Å². The van der Waals surface area contributed by atoms with Gasteiger partial charge in [-0.3, -0.25) is 9.59 Å². The molecule has 3 aromatic carbocycles. The lowest BCUT2D eigenvalue weighted by Crippen LogP contribution is -2.53. The van der Waals surface area contributed by atoms with E-state index in [0.717, 1.165) is 55.7 Å². The molecule has 0 radical (unpaired) electrons. The van der Waals surface area contributed by atoms with Gasteiger partial charge in [0.15, 0.2) is 0 Å². The Hall–Kier alpha value is -2.86. The van der Waals surface area contributed by atoms with E-state index in [1.54, 1.807) is 17.9 Å². The minimum Gasteiger partial charge on any atom is -0.347 e. The fourth-order valence-electron chi connectivity index (χ4n) is 6.14. The van der Waals surface area contributed by atoms with E-state index >= 15 is 0 Å². The molecule has 1 heterocycles. The summed E-state index contributed by atoms with van der Waals surface area (Å²) in [7, 11) is 1.84. The SMILES string of the molecule is CC(=O)NC1(c2ccccc2)CCN(CC2CC2(C(=O)N(C)c2ccccc2)c2ccc(Cl)c(Cl)c2)CC1. The summed E-state index contributed by atoms with van der Waals surface area (Å²) in [5.74, 6) is 0.210. The number of nitrogens with one attached hydrogen (secondary N) is 1. The Bertz CT molecular complexity index is 1310. The van der Waals surface area contributed by atoms with Crippen LogP contribution in [-0.2, 0) is 20.5 Å². The van der Waals surface area contributed by atoms with Gasteiger partial charge < -0.3 is 15.1 Å². The van der Waals surface area contributed by atoms with Crippen LogP contribution < -0.4 is 10.2 Å². The highest BCUT2D eigenvalue weighted by atomic mass is 35.5. The molecule has 7 heteroatoms. The Balaban J connectivity index is 1.36. The number of benzene rings is 3. The number of carbonyl (C=O) groups is 2. The molecular weight excluding hydrogens is 517 g/mol. The molecule has 1 N–H and O–H groups in total. The van der Waals surface area contributed by atoms with Gasteiger partial charge in [-0.1, -0.05) is 77.8 Å². The fraction of sp³-hybridized carbons (Fsp3) is 0.355. The van der Waals surface area contributed by atoms with Crippen LogP contribution in [0.3, 0.4) is 0 Å². The Morgan fingerprint density at radius 3 is 2.16 bits per heavy atom. The molecule has 5 rings (SSSR count). The second-order valence-corrected chi connectivity index (χ2v) is 11.4. The van der Waals surface area contributed by atoms with Crippen molar-refractivity contribution < 1.29 is 9.59 Å². The van der Waals surface area contributed by atoms with E-state index in [1.165, 1.54) is 0 Å². The Kier molecular flexibility index (Phi) is 7.54. The highest BCUT2D eigenvalue weighted by Gasteiger charge is 2.62. The normalized spacial score (nSPS) is 22.5. The first-order chi connectivity index (χ1) is 18.2. The van der Waals surface area contributed by atoms with Gasteiger partial charge in [-0.15, -0.1) is 0 Å². The molecule has 198 valence electrons. The fourth-order valence-corrected chi connectivity index (χ4v) is 6.44. The third-order valence-corrected chi connectivity index (χ3v) is 9.04. The van der Waals surface area contributed by atoms with E-state index < -0.39 is 5.41 Å². The topological polar surface area (TPSA) is 52.7 Å². The van der Waals surface area contributed by atoms with Crippen molar-refractivity contribution >= 4 is 40.7 Å².